The fraction of sp³-hybridized carbons (Fsp3) is 0.364. The maximum atomic E-state index is 13.6. The number of carbonyl (C=O) groups excluding carboxylic acids is 1. The van der Waals surface area contributed by atoms with Gasteiger partial charge in [0.25, 0.3) is 0 Å². The minimum atomic E-state index is -0.958. The molecule has 2 aromatic carbocycles. The van der Waals surface area contributed by atoms with Crippen molar-refractivity contribution < 1.29 is 18.3 Å². The van der Waals surface area contributed by atoms with E-state index in [1.165, 1.54) is 10.7 Å². The summed E-state index contributed by atoms with van der Waals surface area (Å²) in [6.45, 7) is 3.42. The van der Waals surface area contributed by atoms with Crippen LogP contribution in [0.5, 0.6) is 5.75 Å². The largest absolute Gasteiger partial charge is 0.497 e. The van der Waals surface area contributed by atoms with Crippen LogP contribution in [0.1, 0.15) is 11.4 Å². The van der Waals surface area contributed by atoms with Crippen LogP contribution < -0.4 is 10.1 Å². The number of rotatable bonds is 7. The van der Waals surface area contributed by atoms with Gasteiger partial charge in [0.1, 0.15) is 5.75 Å². The molecule has 4 rings (SSSR count). The van der Waals surface area contributed by atoms with Gasteiger partial charge < -0.3 is 15.0 Å². The van der Waals surface area contributed by atoms with E-state index in [-0.39, 0.29) is 6.03 Å². The van der Waals surface area contributed by atoms with Gasteiger partial charge >= 0.3 is 6.03 Å². The topological polar surface area (TPSA) is 88.4 Å². The third kappa shape index (κ3) is 5.61. The Bertz CT molecular complexity index is 1080. The second-order valence-electron chi connectivity index (χ2n) is 7.70. The molecule has 1 N–H and O–H groups in total. The molecular formula is C22H25F2N7O2. The number of tetrazole rings is 1. The van der Waals surface area contributed by atoms with Crippen LogP contribution in [-0.4, -0.2) is 75.9 Å². The number of nitrogens with zero attached hydrogens (tertiary/aromatic N) is 6. The molecule has 1 aliphatic rings. The lowest BCUT2D eigenvalue weighted by Crippen LogP contribution is -2.51. The smallest absolute Gasteiger partial charge is 0.317 e. The number of nitrogens with one attached hydrogen (secondary N) is 1. The molecule has 0 bridgehead atoms. The number of hydrogen-bond donors (Lipinski definition) is 1. The summed E-state index contributed by atoms with van der Waals surface area (Å²) in [5, 5.41) is 14.5. The number of carbonyl (C=O) groups is 1. The van der Waals surface area contributed by atoms with Crippen molar-refractivity contribution in [1.82, 2.24) is 35.3 Å². The zero-order chi connectivity index (χ0) is 23.2. The summed E-state index contributed by atoms with van der Waals surface area (Å²) in [5.41, 5.74) is 1.48. The number of methoxy groups -OCH3 is 1. The summed E-state index contributed by atoms with van der Waals surface area (Å²) < 4.78 is 33.3. The fourth-order valence-electron chi connectivity index (χ4n) is 3.65. The number of benzene rings is 2. The summed E-state index contributed by atoms with van der Waals surface area (Å²) in [6.07, 6.45) is 0.738. The van der Waals surface area contributed by atoms with Gasteiger partial charge in [0.05, 0.1) is 19.3 Å². The van der Waals surface area contributed by atoms with Gasteiger partial charge in [-0.25, -0.2) is 13.6 Å². The van der Waals surface area contributed by atoms with Gasteiger partial charge in [-0.2, -0.15) is 4.68 Å². The number of halogens is 2. The lowest BCUT2D eigenvalue weighted by molar-refractivity contribution is 0.133. The molecular weight excluding hydrogens is 432 g/mol. The molecule has 1 aliphatic heterocycles. The van der Waals surface area contributed by atoms with Gasteiger partial charge in [0.15, 0.2) is 17.5 Å². The minimum Gasteiger partial charge on any atom is -0.497 e. The highest BCUT2D eigenvalue weighted by molar-refractivity contribution is 5.74. The number of amides is 2. The summed E-state index contributed by atoms with van der Waals surface area (Å²) in [4.78, 5) is 16.4. The van der Waals surface area contributed by atoms with E-state index in [9.17, 15) is 13.6 Å². The Kier molecular flexibility index (Phi) is 7.08. The van der Waals surface area contributed by atoms with Crippen molar-refractivity contribution in [1.29, 1.82) is 0 Å². The van der Waals surface area contributed by atoms with Crippen molar-refractivity contribution in [2.75, 3.05) is 39.8 Å². The molecule has 174 valence electrons. The Morgan fingerprint density at radius 2 is 1.82 bits per heavy atom. The first-order valence-electron chi connectivity index (χ1n) is 10.6. The number of hydrogen-bond acceptors (Lipinski definition) is 6. The molecule has 2 amide bonds. The minimum absolute atomic E-state index is 0.0882. The number of aromatic nitrogens is 4. The van der Waals surface area contributed by atoms with E-state index < -0.39 is 11.6 Å². The van der Waals surface area contributed by atoms with Gasteiger partial charge in [-0.05, 0) is 46.7 Å². The van der Waals surface area contributed by atoms with E-state index in [1.54, 1.807) is 12.0 Å². The van der Waals surface area contributed by atoms with Crippen LogP contribution in [0.3, 0.4) is 0 Å². The normalized spacial score (nSPS) is 14.3. The third-order valence-corrected chi connectivity index (χ3v) is 5.56. The van der Waals surface area contributed by atoms with Gasteiger partial charge in [-0.1, -0.05) is 12.1 Å². The number of ether oxygens (including phenoxy) is 1. The van der Waals surface area contributed by atoms with Gasteiger partial charge in [-0.15, -0.1) is 5.10 Å². The highest BCUT2D eigenvalue weighted by Gasteiger charge is 2.23. The van der Waals surface area contributed by atoms with Crippen LogP contribution >= 0.6 is 0 Å². The van der Waals surface area contributed by atoms with Gasteiger partial charge in [0, 0.05) is 38.8 Å². The van der Waals surface area contributed by atoms with Gasteiger partial charge in [-0.3, -0.25) is 4.90 Å². The summed E-state index contributed by atoms with van der Waals surface area (Å²) >= 11 is 0. The number of piperazine rings is 1. The zero-order valence-corrected chi connectivity index (χ0v) is 18.2. The summed E-state index contributed by atoms with van der Waals surface area (Å²) in [6, 6.07) is 11.2. The Labute approximate surface area is 189 Å². The fourth-order valence-corrected chi connectivity index (χ4v) is 3.65. The molecule has 0 spiro atoms. The molecule has 0 aliphatic carbocycles. The molecule has 9 nitrogen and oxygen atoms in total. The van der Waals surface area contributed by atoms with Crippen LogP contribution in [0.15, 0.2) is 42.5 Å². The lowest BCUT2D eigenvalue weighted by Gasteiger charge is -2.34. The van der Waals surface area contributed by atoms with Crippen LogP contribution in [0.2, 0.25) is 0 Å². The van der Waals surface area contributed by atoms with Gasteiger partial charge in [0.2, 0.25) is 0 Å². The Morgan fingerprint density at radius 3 is 2.52 bits per heavy atom. The average molecular weight is 457 g/mol. The van der Waals surface area contributed by atoms with Crippen molar-refractivity contribution >= 4 is 6.03 Å². The van der Waals surface area contributed by atoms with Crippen molar-refractivity contribution in [3.8, 4) is 11.4 Å². The molecule has 0 saturated carbocycles. The van der Waals surface area contributed by atoms with Crippen LogP contribution in [0, 0.1) is 11.6 Å². The predicted molar refractivity (Wildman–Crippen MR) is 116 cm³/mol. The highest BCUT2D eigenvalue weighted by atomic mass is 19.2. The van der Waals surface area contributed by atoms with Crippen LogP contribution in [0.4, 0.5) is 13.6 Å². The first kappa shape index (κ1) is 22.6. The van der Waals surface area contributed by atoms with E-state index in [0.717, 1.165) is 29.9 Å². The maximum Gasteiger partial charge on any atom is 0.317 e. The zero-order valence-electron chi connectivity index (χ0n) is 18.2. The number of urea groups is 1. The van der Waals surface area contributed by atoms with E-state index in [4.69, 9.17) is 4.74 Å². The van der Waals surface area contributed by atoms with E-state index in [1.807, 2.05) is 24.3 Å². The Hall–Kier alpha value is -3.60. The van der Waals surface area contributed by atoms with E-state index >= 15 is 0 Å². The van der Waals surface area contributed by atoms with Crippen LogP contribution in [0.25, 0.3) is 5.69 Å². The SMILES string of the molecule is COc1ccc(CCNC(=O)N2CCN(Cc3nnnn3-c3ccc(F)c(F)c3)CC2)cc1. The molecule has 11 heteroatoms. The molecule has 2 heterocycles. The Balaban J connectivity index is 1.24. The molecule has 1 saturated heterocycles. The van der Waals surface area contributed by atoms with E-state index in [2.05, 4.69) is 25.7 Å². The molecule has 0 atom stereocenters. The second kappa shape index (κ2) is 10.3. The molecule has 0 unspecified atom stereocenters. The third-order valence-electron chi connectivity index (χ3n) is 5.56. The first-order chi connectivity index (χ1) is 16.0. The predicted octanol–water partition coefficient (Wildman–Crippen LogP) is 2.02. The summed E-state index contributed by atoms with van der Waals surface area (Å²) in [7, 11) is 1.63. The molecule has 0 radical (unpaired) electrons. The maximum absolute atomic E-state index is 13.6. The van der Waals surface area contributed by atoms with E-state index in [0.29, 0.717) is 50.8 Å². The standard InChI is InChI=1S/C22H25F2N7O2/c1-33-18-5-2-16(3-6-18)8-9-25-22(32)30-12-10-29(11-13-30)15-21-26-27-28-31(21)17-4-7-19(23)20(24)14-17/h2-7,14H,8-13,15H2,1H3,(H,25,32). The molecule has 1 fully saturated rings. The Morgan fingerprint density at radius 1 is 1.06 bits per heavy atom. The highest BCUT2D eigenvalue weighted by Crippen LogP contribution is 2.15. The lowest BCUT2D eigenvalue weighted by atomic mass is 10.1. The quantitative estimate of drug-likeness (QED) is 0.584. The average Bonchev–Trinajstić information content (AvgIpc) is 3.30. The van der Waals surface area contributed by atoms with Crippen molar-refractivity contribution in [3.05, 3.63) is 65.5 Å². The molecule has 33 heavy (non-hydrogen) atoms. The molecule has 3 aromatic rings. The second-order valence-corrected chi connectivity index (χ2v) is 7.70. The first-order valence-corrected chi connectivity index (χ1v) is 10.6. The van der Waals surface area contributed by atoms with Crippen molar-refractivity contribution in [2.24, 2.45) is 0 Å². The van der Waals surface area contributed by atoms with Crippen LogP contribution in [-0.2, 0) is 13.0 Å². The molecule has 1 aromatic heterocycles. The summed E-state index contributed by atoms with van der Waals surface area (Å²) in [5.74, 6) is -0.565. The van der Waals surface area contributed by atoms with Crippen molar-refractivity contribution in [2.45, 2.75) is 13.0 Å². The van der Waals surface area contributed by atoms with Crippen molar-refractivity contribution in [3.63, 3.8) is 0 Å². The monoisotopic (exact) mass is 457 g/mol.